The van der Waals surface area contributed by atoms with Crippen molar-refractivity contribution in [3.05, 3.63) is 65.7 Å². The van der Waals surface area contributed by atoms with Gasteiger partial charge in [-0.3, -0.25) is 0 Å². The summed E-state index contributed by atoms with van der Waals surface area (Å²) in [5.41, 5.74) is 3.45. The first-order valence-electron chi connectivity index (χ1n) is 7.14. The number of hydrogen-bond acceptors (Lipinski definition) is 1. The molecule has 0 radical (unpaired) electrons. The van der Waals surface area contributed by atoms with Crippen molar-refractivity contribution in [2.45, 2.75) is 32.7 Å². The minimum atomic E-state index is -0.101. The summed E-state index contributed by atoms with van der Waals surface area (Å²) in [6.45, 7) is 6.38. The molecule has 2 N–H and O–H groups in total. The van der Waals surface area contributed by atoms with Crippen LogP contribution in [0.2, 0.25) is 0 Å². The lowest BCUT2D eigenvalue weighted by atomic mass is 9.95. The second-order valence-corrected chi connectivity index (χ2v) is 6.40. The molecule has 0 heterocycles. The SMILES string of the molecule is Cc1ccc(NC(=S)NC(C)(C)Cc2ccccc2)cc1. The average Bonchev–Trinajstić information content (AvgIpc) is 2.41. The van der Waals surface area contributed by atoms with Gasteiger partial charge in [-0.1, -0.05) is 48.0 Å². The van der Waals surface area contributed by atoms with Crippen molar-refractivity contribution in [3.8, 4) is 0 Å². The third-order valence-electron chi connectivity index (χ3n) is 3.25. The third-order valence-corrected chi connectivity index (χ3v) is 3.45. The predicted octanol–water partition coefficient (Wildman–Crippen LogP) is 4.30. The second-order valence-electron chi connectivity index (χ2n) is 5.99. The fourth-order valence-electron chi connectivity index (χ4n) is 2.26. The minimum Gasteiger partial charge on any atom is -0.357 e. The molecular weight excluding hydrogens is 276 g/mol. The number of anilines is 1. The van der Waals surface area contributed by atoms with Gasteiger partial charge in [0.2, 0.25) is 0 Å². The van der Waals surface area contributed by atoms with Gasteiger partial charge in [-0.05, 0) is 57.1 Å². The van der Waals surface area contributed by atoms with E-state index in [0.717, 1.165) is 12.1 Å². The predicted molar refractivity (Wildman–Crippen MR) is 94.8 cm³/mol. The molecule has 21 heavy (non-hydrogen) atoms. The maximum atomic E-state index is 5.41. The highest BCUT2D eigenvalue weighted by atomic mass is 32.1. The van der Waals surface area contributed by atoms with Gasteiger partial charge >= 0.3 is 0 Å². The molecule has 0 unspecified atom stereocenters. The van der Waals surface area contributed by atoms with Crippen LogP contribution in [-0.2, 0) is 6.42 Å². The molecule has 0 bridgehead atoms. The quantitative estimate of drug-likeness (QED) is 0.823. The summed E-state index contributed by atoms with van der Waals surface area (Å²) in [4.78, 5) is 0. The standard InChI is InChI=1S/C18H22N2S/c1-14-9-11-16(12-10-14)19-17(21)20-18(2,3)13-15-7-5-4-6-8-15/h4-12H,13H2,1-3H3,(H2,19,20,21). The van der Waals surface area contributed by atoms with E-state index >= 15 is 0 Å². The van der Waals surface area contributed by atoms with Gasteiger partial charge in [-0.2, -0.15) is 0 Å². The third kappa shape index (κ3) is 5.20. The molecule has 3 heteroatoms. The Kier molecular flexibility index (Phi) is 4.97. The van der Waals surface area contributed by atoms with E-state index in [1.54, 1.807) is 0 Å². The van der Waals surface area contributed by atoms with Crippen LogP contribution in [0.5, 0.6) is 0 Å². The summed E-state index contributed by atoms with van der Waals surface area (Å²) in [7, 11) is 0. The molecule has 0 atom stereocenters. The zero-order valence-corrected chi connectivity index (χ0v) is 13.6. The molecule has 0 saturated heterocycles. The number of rotatable bonds is 4. The van der Waals surface area contributed by atoms with E-state index in [2.05, 4.69) is 67.8 Å². The Bertz CT molecular complexity index is 588. The first-order valence-corrected chi connectivity index (χ1v) is 7.55. The molecule has 2 nitrogen and oxygen atoms in total. The van der Waals surface area contributed by atoms with Gasteiger partial charge in [-0.25, -0.2) is 0 Å². The average molecular weight is 298 g/mol. The Morgan fingerprint density at radius 2 is 1.62 bits per heavy atom. The monoisotopic (exact) mass is 298 g/mol. The molecule has 0 aromatic heterocycles. The van der Waals surface area contributed by atoms with Crippen molar-refractivity contribution >= 4 is 23.0 Å². The maximum Gasteiger partial charge on any atom is 0.171 e. The van der Waals surface area contributed by atoms with Crippen molar-refractivity contribution < 1.29 is 0 Å². The number of nitrogens with one attached hydrogen (secondary N) is 2. The Balaban J connectivity index is 1.93. The first kappa shape index (κ1) is 15.5. The minimum absolute atomic E-state index is 0.101. The van der Waals surface area contributed by atoms with Crippen LogP contribution in [0.25, 0.3) is 0 Å². The fourth-order valence-corrected chi connectivity index (χ4v) is 2.65. The molecule has 110 valence electrons. The van der Waals surface area contributed by atoms with Gasteiger partial charge in [0, 0.05) is 11.2 Å². The molecule has 0 saturated carbocycles. The Morgan fingerprint density at radius 3 is 2.24 bits per heavy atom. The van der Waals surface area contributed by atoms with Crippen molar-refractivity contribution in [2.75, 3.05) is 5.32 Å². The molecule has 2 aromatic rings. The van der Waals surface area contributed by atoms with Crippen molar-refractivity contribution in [3.63, 3.8) is 0 Å². The molecule has 0 aliphatic rings. The zero-order valence-electron chi connectivity index (χ0n) is 12.8. The molecule has 2 aromatic carbocycles. The Morgan fingerprint density at radius 1 is 1.00 bits per heavy atom. The van der Waals surface area contributed by atoms with E-state index in [9.17, 15) is 0 Å². The lowest BCUT2D eigenvalue weighted by Crippen LogP contribution is -2.46. The van der Waals surface area contributed by atoms with Gasteiger partial charge in [0.05, 0.1) is 0 Å². The molecular formula is C18H22N2S. The topological polar surface area (TPSA) is 24.1 Å². The van der Waals surface area contributed by atoms with E-state index in [0.29, 0.717) is 5.11 Å². The number of aryl methyl sites for hydroxylation is 1. The lowest BCUT2D eigenvalue weighted by Gasteiger charge is -2.28. The van der Waals surface area contributed by atoms with Crippen LogP contribution in [0.1, 0.15) is 25.0 Å². The Hall–Kier alpha value is -1.87. The van der Waals surface area contributed by atoms with Gasteiger partial charge in [0.15, 0.2) is 5.11 Å². The smallest absolute Gasteiger partial charge is 0.171 e. The maximum absolute atomic E-state index is 5.41. The molecule has 0 amide bonds. The summed E-state index contributed by atoms with van der Waals surface area (Å²) in [5.74, 6) is 0. The Labute approximate surface area is 132 Å². The van der Waals surface area contributed by atoms with E-state index < -0.39 is 0 Å². The summed E-state index contributed by atoms with van der Waals surface area (Å²) in [6.07, 6.45) is 0.920. The van der Waals surface area contributed by atoms with Crippen molar-refractivity contribution in [1.82, 2.24) is 5.32 Å². The second kappa shape index (κ2) is 6.72. The van der Waals surface area contributed by atoms with Crippen molar-refractivity contribution in [2.24, 2.45) is 0 Å². The first-order chi connectivity index (χ1) is 9.94. The summed E-state index contributed by atoms with van der Waals surface area (Å²) < 4.78 is 0. The lowest BCUT2D eigenvalue weighted by molar-refractivity contribution is 0.461. The molecule has 0 fully saturated rings. The molecule has 0 spiro atoms. The van der Waals surface area contributed by atoms with Gasteiger partial charge in [0.1, 0.15) is 0 Å². The molecule has 2 rings (SSSR count). The highest BCUT2D eigenvalue weighted by Crippen LogP contribution is 2.14. The molecule has 0 aliphatic carbocycles. The van der Waals surface area contributed by atoms with Crippen LogP contribution in [0, 0.1) is 6.92 Å². The van der Waals surface area contributed by atoms with E-state index in [1.165, 1.54) is 11.1 Å². The molecule has 0 aliphatic heterocycles. The van der Waals surface area contributed by atoms with Crippen LogP contribution in [0.4, 0.5) is 5.69 Å². The van der Waals surface area contributed by atoms with Gasteiger partial charge in [-0.15, -0.1) is 0 Å². The highest BCUT2D eigenvalue weighted by Gasteiger charge is 2.19. The summed E-state index contributed by atoms with van der Waals surface area (Å²) >= 11 is 5.41. The summed E-state index contributed by atoms with van der Waals surface area (Å²) in [6, 6.07) is 18.6. The zero-order chi connectivity index (χ0) is 15.3. The number of hydrogen-bond donors (Lipinski definition) is 2. The number of thiocarbonyl (C=S) groups is 1. The van der Waals surface area contributed by atoms with E-state index in [-0.39, 0.29) is 5.54 Å². The normalized spacial score (nSPS) is 11.0. The number of benzene rings is 2. The van der Waals surface area contributed by atoms with Crippen LogP contribution in [-0.4, -0.2) is 10.7 Å². The van der Waals surface area contributed by atoms with E-state index in [4.69, 9.17) is 12.2 Å². The van der Waals surface area contributed by atoms with E-state index in [1.807, 2.05) is 18.2 Å². The highest BCUT2D eigenvalue weighted by molar-refractivity contribution is 7.80. The van der Waals surface area contributed by atoms with Crippen LogP contribution < -0.4 is 10.6 Å². The fraction of sp³-hybridized carbons (Fsp3) is 0.278. The van der Waals surface area contributed by atoms with Gasteiger partial charge in [0.25, 0.3) is 0 Å². The van der Waals surface area contributed by atoms with Crippen LogP contribution >= 0.6 is 12.2 Å². The largest absolute Gasteiger partial charge is 0.357 e. The van der Waals surface area contributed by atoms with Crippen LogP contribution in [0.3, 0.4) is 0 Å². The van der Waals surface area contributed by atoms with Crippen LogP contribution in [0.15, 0.2) is 54.6 Å². The van der Waals surface area contributed by atoms with Crippen molar-refractivity contribution in [1.29, 1.82) is 0 Å². The van der Waals surface area contributed by atoms with Gasteiger partial charge < -0.3 is 10.6 Å². The summed E-state index contributed by atoms with van der Waals surface area (Å²) in [5, 5.41) is 7.27.